The number of pyridine rings is 1. The van der Waals surface area contributed by atoms with Crippen LogP contribution in [-0.2, 0) is 0 Å². The summed E-state index contributed by atoms with van der Waals surface area (Å²) >= 11 is 0. The number of rotatable bonds is 8. The van der Waals surface area contributed by atoms with Crippen molar-refractivity contribution in [2.24, 2.45) is 0 Å². The van der Waals surface area contributed by atoms with E-state index in [4.69, 9.17) is 4.74 Å². The average Bonchev–Trinajstić information content (AvgIpc) is 2.39. The number of nitrogens with one attached hydrogen (secondary N) is 1. The van der Waals surface area contributed by atoms with Crippen LogP contribution in [0.4, 0.5) is 5.69 Å². The summed E-state index contributed by atoms with van der Waals surface area (Å²) in [5, 5.41) is 3.42. The van der Waals surface area contributed by atoms with Crippen LogP contribution in [0.25, 0.3) is 0 Å². The highest BCUT2D eigenvalue weighted by Gasteiger charge is 2.03. The van der Waals surface area contributed by atoms with Crippen LogP contribution in [-0.4, -0.2) is 43.2 Å². The predicted molar refractivity (Wildman–Crippen MR) is 76.4 cm³/mol. The first kappa shape index (κ1) is 14.8. The van der Waals surface area contributed by atoms with Gasteiger partial charge in [-0.05, 0) is 39.0 Å². The zero-order valence-electron chi connectivity index (χ0n) is 12.0. The molecule has 0 aliphatic heterocycles. The first-order valence-electron chi connectivity index (χ1n) is 6.68. The molecule has 0 fully saturated rings. The Kier molecular flexibility index (Phi) is 6.50. The van der Waals surface area contributed by atoms with Crippen LogP contribution < -0.4 is 10.1 Å². The Morgan fingerprint density at radius 3 is 2.67 bits per heavy atom. The van der Waals surface area contributed by atoms with Gasteiger partial charge in [-0.2, -0.15) is 0 Å². The SMILES string of the molecule is CCN(CC)CCCNc1cc(C)ncc1OC. The molecule has 1 aromatic heterocycles. The molecule has 0 aliphatic carbocycles. The molecule has 0 unspecified atom stereocenters. The number of aryl methyl sites for hydroxylation is 1. The van der Waals surface area contributed by atoms with Crippen LogP contribution in [0.15, 0.2) is 12.3 Å². The van der Waals surface area contributed by atoms with Gasteiger partial charge in [-0.15, -0.1) is 0 Å². The molecular formula is C14H25N3O. The van der Waals surface area contributed by atoms with Crippen molar-refractivity contribution < 1.29 is 4.74 Å². The maximum Gasteiger partial charge on any atom is 0.160 e. The van der Waals surface area contributed by atoms with Gasteiger partial charge >= 0.3 is 0 Å². The van der Waals surface area contributed by atoms with Gasteiger partial charge in [-0.3, -0.25) is 4.98 Å². The summed E-state index contributed by atoms with van der Waals surface area (Å²) in [7, 11) is 1.67. The number of nitrogens with zero attached hydrogens (tertiary/aromatic N) is 2. The topological polar surface area (TPSA) is 37.4 Å². The van der Waals surface area contributed by atoms with Crippen molar-refractivity contribution in [3.63, 3.8) is 0 Å². The molecule has 18 heavy (non-hydrogen) atoms. The Labute approximate surface area is 110 Å². The summed E-state index contributed by atoms with van der Waals surface area (Å²) in [6.45, 7) is 10.7. The molecule has 1 N–H and O–H groups in total. The van der Waals surface area contributed by atoms with Gasteiger partial charge in [0.05, 0.1) is 19.0 Å². The molecule has 1 aromatic rings. The van der Waals surface area contributed by atoms with E-state index in [0.717, 1.165) is 49.7 Å². The van der Waals surface area contributed by atoms with Crippen LogP contribution in [0.1, 0.15) is 26.0 Å². The molecule has 0 aromatic carbocycles. The van der Waals surface area contributed by atoms with Crippen LogP contribution in [0.2, 0.25) is 0 Å². The van der Waals surface area contributed by atoms with Crippen LogP contribution in [0.3, 0.4) is 0 Å². The van der Waals surface area contributed by atoms with E-state index in [1.165, 1.54) is 0 Å². The van der Waals surface area contributed by atoms with Crippen molar-refractivity contribution in [1.29, 1.82) is 0 Å². The maximum absolute atomic E-state index is 5.29. The summed E-state index contributed by atoms with van der Waals surface area (Å²) in [6.07, 6.45) is 2.90. The van der Waals surface area contributed by atoms with Crippen molar-refractivity contribution in [1.82, 2.24) is 9.88 Å². The lowest BCUT2D eigenvalue weighted by molar-refractivity contribution is 0.303. The second-order valence-electron chi connectivity index (χ2n) is 4.33. The molecular weight excluding hydrogens is 226 g/mol. The van der Waals surface area contributed by atoms with E-state index in [9.17, 15) is 0 Å². The van der Waals surface area contributed by atoms with E-state index < -0.39 is 0 Å². The third-order valence-electron chi connectivity index (χ3n) is 3.09. The zero-order valence-corrected chi connectivity index (χ0v) is 12.0. The fourth-order valence-electron chi connectivity index (χ4n) is 1.91. The van der Waals surface area contributed by atoms with Gasteiger partial charge in [0.25, 0.3) is 0 Å². The van der Waals surface area contributed by atoms with Crippen LogP contribution in [0, 0.1) is 6.92 Å². The molecule has 0 saturated carbocycles. The van der Waals surface area contributed by atoms with Gasteiger partial charge in [0.2, 0.25) is 0 Å². The van der Waals surface area contributed by atoms with Gasteiger partial charge < -0.3 is 15.0 Å². The largest absolute Gasteiger partial charge is 0.493 e. The van der Waals surface area contributed by atoms with Crippen molar-refractivity contribution in [2.45, 2.75) is 27.2 Å². The molecule has 0 saturated heterocycles. The Bertz CT molecular complexity index is 351. The van der Waals surface area contributed by atoms with Crippen molar-refractivity contribution in [3.05, 3.63) is 18.0 Å². The summed E-state index contributed by atoms with van der Waals surface area (Å²) in [6, 6.07) is 2.02. The van der Waals surface area contributed by atoms with Gasteiger partial charge in [0.1, 0.15) is 0 Å². The minimum Gasteiger partial charge on any atom is -0.493 e. The first-order valence-corrected chi connectivity index (χ1v) is 6.68. The van der Waals surface area contributed by atoms with E-state index in [1.54, 1.807) is 13.3 Å². The van der Waals surface area contributed by atoms with E-state index in [2.05, 4.69) is 29.0 Å². The van der Waals surface area contributed by atoms with Crippen LogP contribution in [0.5, 0.6) is 5.75 Å². The minimum absolute atomic E-state index is 0.809. The summed E-state index contributed by atoms with van der Waals surface area (Å²) in [5.74, 6) is 0.809. The molecule has 0 atom stereocenters. The third kappa shape index (κ3) is 4.53. The van der Waals surface area contributed by atoms with E-state index in [1.807, 2.05) is 13.0 Å². The van der Waals surface area contributed by atoms with Crippen molar-refractivity contribution in [2.75, 3.05) is 38.6 Å². The van der Waals surface area contributed by atoms with Crippen LogP contribution >= 0.6 is 0 Å². The molecule has 4 heteroatoms. The van der Waals surface area contributed by atoms with Gasteiger partial charge in [-0.1, -0.05) is 13.8 Å². The van der Waals surface area contributed by atoms with E-state index >= 15 is 0 Å². The molecule has 1 heterocycles. The van der Waals surface area contributed by atoms with Gasteiger partial charge in [0, 0.05) is 12.2 Å². The lowest BCUT2D eigenvalue weighted by Crippen LogP contribution is -2.25. The number of methoxy groups -OCH3 is 1. The minimum atomic E-state index is 0.809. The maximum atomic E-state index is 5.29. The molecule has 0 aliphatic rings. The monoisotopic (exact) mass is 251 g/mol. The van der Waals surface area contributed by atoms with E-state index in [-0.39, 0.29) is 0 Å². The fraction of sp³-hybridized carbons (Fsp3) is 0.643. The van der Waals surface area contributed by atoms with Crippen molar-refractivity contribution >= 4 is 5.69 Å². The average molecular weight is 251 g/mol. The molecule has 0 amide bonds. The third-order valence-corrected chi connectivity index (χ3v) is 3.09. The Morgan fingerprint density at radius 2 is 2.06 bits per heavy atom. The number of aromatic nitrogens is 1. The molecule has 4 nitrogen and oxygen atoms in total. The van der Waals surface area contributed by atoms with E-state index in [0.29, 0.717) is 0 Å². The molecule has 0 spiro atoms. The van der Waals surface area contributed by atoms with Crippen molar-refractivity contribution in [3.8, 4) is 5.75 Å². The highest BCUT2D eigenvalue weighted by molar-refractivity contribution is 5.55. The Hall–Kier alpha value is -1.29. The fourth-order valence-corrected chi connectivity index (χ4v) is 1.91. The highest BCUT2D eigenvalue weighted by Crippen LogP contribution is 2.23. The lowest BCUT2D eigenvalue weighted by atomic mass is 10.3. The Morgan fingerprint density at radius 1 is 1.33 bits per heavy atom. The normalized spacial score (nSPS) is 10.7. The molecule has 0 radical (unpaired) electrons. The number of hydrogen-bond acceptors (Lipinski definition) is 4. The summed E-state index contributed by atoms with van der Waals surface area (Å²) < 4.78 is 5.29. The summed E-state index contributed by atoms with van der Waals surface area (Å²) in [5.41, 5.74) is 2.03. The predicted octanol–water partition coefficient (Wildman–Crippen LogP) is 2.54. The first-order chi connectivity index (χ1) is 8.71. The molecule has 102 valence electrons. The number of anilines is 1. The Balaban J connectivity index is 2.41. The second kappa shape index (κ2) is 7.93. The number of hydrogen-bond donors (Lipinski definition) is 1. The quantitative estimate of drug-likeness (QED) is 0.720. The smallest absolute Gasteiger partial charge is 0.160 e. The summed E-state index contributed by atoms with van der Waals surface area (Å²) in [4.78, 5) is 6.65. The van der Waals surface area contributed by atoms with Gasteiger partial charge in [-0.25, -0.2) is 0 Å². The van der Waals surface area contributed by atoms with Gasteiger partial charge in [0.15, 0.2) is 5.75 Å². The molecule has 1 rings (SSSR count). The standard InChI is InChI=1S/C14H25N3O/c1-5-17(6-2)9-7-8-15-13-10-12(3)16-11-14(13)18-4/h10-11H,5-9H2,1-4H3,(H,15,16). The number of ether oxygens (including phenoxy) is 1. The highest BCUT2D eigenvalue weighted by atomic mass is 16.5. The second-order valence-corrected chi connectivity index (χ2v) is 4.33. The lowest BCUT2D eigenvalue weighted by Gasteiger charge is -2.18. The molecule has 0 bridgehead atoms. The zero-order chi connectivity index (χ0) is 13.4.